The first kappa shape index (κ1) is 16.8. The molecule has 5 nitrogen and oxygen atoms in total. The predicted molar refractivity (Wildman–Crippen MR) is 71.9 cm³/mol. The Morgan fingerprint density at radius 2 is 1.71 bits per heavy atom. The van der Waals surface area contributed by atoms with Crippen molar-refractivity contribution in [3.05, 3.63) is 0 Å². The van der Waals surface area contributed by atoms with Gasteiger partial charge >= 0.3 is 0 Å². The Kier molecular flexibility index (Phi) is 6.61. The topological polar surface area (TPSA) is 75.4 Å². The van der Waals surface area contributed by atoms with Gasteiger partial charge in [-0.05, 0) is 18.4 Å². The molecule has 0 aromatic rings. The van der Waals surface area contributed by atoms with E-state index in [1.165, 1.54) is 4.31 Å². The third-order valence-corrected chi connectivity index (χ3v) is 4.62. The van der Waals surface area contributed by atoms with Gasteiger partial charge in [0, 0.05) is 19.1 Å². The summed E-state index contributed by atoms with van der Waals surface area (Å²) in [5.74, 6) is 0. The normalized spacial score (nSPS) is 15.2. The summed E-state index contributed by atoms with van der Waals surface area (Å²) in [6.07, 6.45) is 0.643. The lowest BCUT2D eigenvalue weighted by Gasteiger charge is -2.33. The van der Waals surface area contributed by atoms with Crippen LogP contribution in [0, 0.1) is 5.41 Å². The third kappa shape index (κ3) is 5.33. The second kappa shape index (κ2) is 6.68. The van der Waals surface area contributed by atoms with E-state index in [0.29, 0.717) is 26.1 Å². The zero-order valence-corrected chi connectivity index (χ0v) is 12.5. The summed E-state index contributed by atoms with van der Waals surface area (Å²) >= 11 is 0. The van der Waals surface area contributed by atoms with Crippen molar-refractivity contribution in [1.29, 1.82) is 0 Å². The second-order valence-electron chi connectivity index (χ2n) is 5.20. The van der Waals surface area contributed by atoms with Crippen molar-refractivity contribution >= 4 is 10.2 Å². The van der Waals surface area contributed by atoms with E-state index in [2.05, 4.69) is 4.72 Å². The van der Waals surface area contributed by atoms with Crippen LogP contribution in [0.2, 0.25) is 0 Å². The lowest BCUT2D eigenvalue weighted by Crippen LogP contribution is -2.50. The van der Waals surface area contributed by atoms with Gasteiger partial charge < -0.3 is 5.73 Å². The minimum atomic E-state index is -3.40. The fourth-order valence-corrected chi connectivity index (χ4v) is 3.31. The van der Waals surface area contributed by atoms with Gasteiger partial charge in [-0.1, -0.05) is 34.6 Å². The molecule has 0 aromatic carbocycles. The van der Waals surface area contributed by atoms with Crippen LogP contribution >= 0.6 is 0 Å². The van der Waals surface area contributed by atoms with Crippen molar-refractivity contribution in [2.75, 3.05) is 19.6 Å². The van der Waals surface area contributed by atoms with E-state index in [1.807, 2.05) is 34.6 Å². The molecule has 0 aliphatic rings. The van der Waals surface area contributed by atoms with Crippen molar-refractivity contribution in [2.24, 2.45) is 11.1 Å². The minimum Gasteiger partial charge on any atom is -0.330 e. The second-order valence-corrected chi connectivity index (χ2v) is 6.91. The van der Waals surface area contributed by atoms with Crippen molar-refractivity contribution in [1.82, 2.24) is 9.03 Å². The van der Waals surface area contributed by atoms with E-state index in [9.17, 15) is 8.42 Å². The summed E-state index contributed by atoms with van der Waals surface area (Å²) in [6, 6.07) is -0.141. The van der Waals surface area contributed by atoms with Crippen LogP contribution in [0.3, 0.4) is 0 Å². The van der Waals surface area contributed by atoms with Gasteiger partial charge in [0.25, 0.3) is 10.2 Å². The van der Waals surface area contributed by atoms with Crippen LogP contribution in [-0.2, 0) is 10.2 Å². The van der Waals surface area contributed by atoms with Crippen molar-refractivity contribution in [2.45, 2.75) is 47.1 Å². The number of hydrogen-bond donors (Lipinski definition) is 2. The highest BCUT2D eigenvalue weighted by Gasteiger charge is 2.30. The molecular formula is C11H27N3O2S. The molecule has 0 aliphatic heterocycles. The monoisotopic (exact) mass is 265 g/mol. The highest BCUT2D eigenvalue weighted by Crippen LogP contribution is 2.22. The Labute approximate surface area is 106 Å². The molecule has 0 saturated heterocycles. The molecule has 104 valence electrons. The fraction of sp³-hybridized carbons (Fsp3) is 1.00. The summed E-state index contributed by atoms with van der Waals surface area (Å²) in [4.78, 5) is 0. The summed E-state index contributed by atoms with van der Waals surface area (Å²) in [7, 11) is -3.40. The van der Waals surface area contributed by atoms with E-state index in [1.54, 1.807) is 0 Å². The Hall–Kier alpha value is -0.170. The van der Waals surface area contributed by atoms with Crippen LogP contribution in [0.5, 0.6) is 0 Å². The van der Waals surface area contributed by atoms with E-state index >= 15 is 0 Å². The summed E-state index contributed by atoms with van der Waals surface area (Å²) < 4.78 is 28.4. The van der Waals surface area contributed by atoms with Crippen molar-refractivity contribution < 1.29 is 8.42 Å². The molecule has 0 bridgehead atoms. The zero-order valence-electron chi connectivity index (χ0n) is 11.7. The van der Waals surface area contributed by atoms with E-state index in [4.69, 9.17) is 5.73 Å². The van der Waals surface area contributed by atoms with E-state index < -0.39 is 10.2 Å². The molecule has 0 rings (SSSR count). The highest BCUT2D eigenvalue weighted by molar-refractivity contribution is 7.87. The third-order valence-electron chi connectivity index (χ3n) is 2.84. The summed E-state index contributed by atoms with van der Waals surface area (Å²) in [6.45, 7) is 11.1. The Morgan fingerprint density at radius 3 is 2.00 bits per heavy atom. The average molecular weight is 265 g/mol. The molecule has 0 saturated carbocycles. The molecule has 0 aliphatic carbocycles. The number of rotatable bonds is 7. The fourth-order valence-electron chi connectivity index (χ4n) is 1.65. The first-order valence-electron chi connectivity index (χ1n) is 6.16. The number of hydrogen-bond acceptors (Lipinski definition) is 3. The van der Waals surface area contributed by atoms with Crippen LogP contribution in [0.15, 0.2) is 0 Å². The average Bonchev–Trinajstić information content (AvgIpc) is 2.16. The van der Waals surface area contributed by atoms with Crippen LogP contribution in [0.4, 0.5) is 0 Å². The maximum Gasteiger partial charge on any atom is 0.279 e. The van der Waals surface area contributed by atoms with Gasteiger partial charge in [-0.25, -0.2) is 0 Å². The Balaban J connectivity index is 4.87. The van der Waals surface area contributed by atoms with Crippen LogP contribution in [-0.4, -0.2) is 38.4 Å². The van der Waals surface area contributed by atoms with Crippen molar-refractivity contribution in [3.63, 3.8) is 0 Å². The van der Waals surface area contributed by atoms with Crippen LogP contribution in [0.1, 0.15) is 41.0 Å². The molecule has 0 aromatic heterocycles. The molecule has 1 atom stereocenters. The van der Waals surface area contributed by atoms with Gasteiger partial charge in [-0.2, -0.15) is 17.4 Å². The SMILES string of the molecule is CCN(CC)S(=O)(=O)NC(CCN)C(C)(C)C. The van der Waals surface area contributed by atoms with Crippen LogP contribution < -0.4 is 10.5 Å². The molecule has 1 unspecified atom stereocenters. The van der Waals surface area contributed by atoms with Crippen molar-refractivity contribution in [3.8, 4) is 0 Å². The quantitative estimate of drug-likeness (QED) is 0.719. The predicted octanol–water partition coefficient (Wildman–Crippen LogP) is 0.926. The molecule has 0 fully saturated rings. The lowest BCUT2D eigenvalue weighted by molar-refractivity contribution is 0.280. The molecule has 0 heterocycles. The maximum atomic E-state index is 12.1. The Bertz CT molecular complexity index is 305. The first-order chi connectivity index (χ1) is 7.69. The van der Waals surface area contributed by atoms with Gasteiger partial charge in [0.1, 0.15) is 0 Å². The number of nitrogens with zero attached hydrogens (tertiary/aromatic N) is 1. The van der Waals surface area contributed by atoms with Gasteiger partial charge in [-0.3, -0.25) is 0 Å². The molecule has 3 N–H and O–H groups in total. The molecule has 0 radical (unpaired) electrons. The number of nitrogens with two attached hydrogens (primary N) is 1. The lowest BCUT2D eigenvalue weighted by atomic mass is 9.85. The molecular weight excluding hydrogens is 238 g/mol. The van der Waals surface area contributed by atoms with Gasteiger partial charge in [0.05, 0.1) is 0 Å². The minimum absolute atomic E-state index is 0.139. The van der Waals surface area contributed by atoms with Gasteiger partial charge in [0.2, 0.25) is 0 Å². The molecule has 17 heavy (non-hydrogen) atoms. The largest absolute Gasteiger partial charge is 0.330 e. The highest BCUT2D eigenvalue weighted by atomic mass is 32.2. The van der Waals surface area contributed by atoms with Gasteiger partial charge in [-0.15, -0.1) is 0 Å². The standard InChI is InChI=1S/C11H27N3O2S/c1-6-14(7-2)17(15,16)13-10(8-9-12)11(3,4)5/h10,13H,6-9,12H2,1-5H3. The maximum absolute atomic E-state index is 12.1. The van der Waals surface area contributed by atoms with Gasteiger partial charge in [0.15, 0.2) is 0 Å². The van der Waals surface area contributed by atoms with E-state index in [0.717, 1.165) is 0 Å². The molecule has 6 heteroatoms. The summed E-state index contributed by atoms with van der Waals surface area (Å²) in [5.41, 5.74) is 5.40. The Morgan fingerprint density at radius 1 is 1.24 bits per heavy atom. The summed E-state index contributed by atoms with van der Waals surface area (Å²) in [5, 5.41) is 0. The van der Waals surface area contributed by atoms with Crippen LogP contribution in [0.25, 0.3) is 0 Å². The molecule has 0 amide bonds. The van der Waals surface area contributed by atoms with E-state index in [-0.39, 0.29) is 11.5 Å². The number of nitrogens with one attached hydrogen (secondary N) is 1. The molecule has 0 spiro atoms. The smallest absolute Gasteiger partial charge is 0.279 e. The zero-order chi connectivity index (χ0) is 13.7. The first-order valence-corrected chi connectivity index (χ1v) is 7.60.